The van der Waals surface area contributed by atoms with Crippen molar-refractivity contribution in [2.45, 2.75) is 52.1 Å². The number of rotatable bonds is 9. The minimum absolute atomic E-state index is 0.299. The SMILES string of the molecule is CCCCCOc1ccc(C(CN)N2CCN(CC)CC2C)cc1. The summed E-state index contributed by atoms with van der Waals surface area (Å²) in [7, 11) is 0. The molecule has 0 aromatic heterocycles. The van der Waals surface area contributed by atoms with Gasteiger partial charge in [-0.2, -0.15) is 0 Å². The Hall–Kier alpha value is -1.10. The third-order valence-electron chi connectivity index (χ3n) is 5.12. The van der Waals surface area contributed by atoms with Crippen molar-refractivity contribution in [3.8, 4) is 5.75 Å². The van der Waals surface area contributed by atoms with Crippen LogP contribution in [0.3, 0.4) is 0 Å². The highest BCUT2D eigenvalue weighted by molar-refractivity contribution is 5.29. The van der Waals surface area contributed by atoms with Crippen LogP contribution in [0, 0.1) is 0 Å². The molecule has 4 heteroatoms. The smallest absolute Gasteiger partial charge is 0.119 e. The first-order valence-electron chi connectivity index (χ1n) is 9.60. The number of piperazine rings is 1. The maximum absolute atomic E-state index is 6.13. The summed E-state index contributed by atoms with van der Waals surface area (Å²) in [4.78, 5) is 5.07. The monoisotopic (exact) mass is 333 g/mol. The summed E-state index contributed by atoms with van der Waals surface area (Å²) in [5.74, 6) is 0.967. The molecule has 1 aliphatic heterocycles. The Balaban J connectivity index is 1.95. The average Bonchev–Trinajstić information content (AvgIpc) is 2.61. The molecule has 1 saturated heterocycles. The number of likely N-dealkylation sites (N-methyl/N-ethyl adjacent to an activating group) is 1. The Morgan fingerprint density at radius 2 is 1.92 bits per heavy atom. The fourth-order valence-corrected chi connectivity index (χ4v) is 3.59. The molecule has 0 bridgehead atoms. The van der Waals surface area contributed by atoms with Gasteiger partial charge >= 0.3 is 0 Å². The highest BCUT2D eigenvalue weighted by atomic mass is 16.5. The number of ether oxygens (including phenoxy) is 1. The lowest BCUT2D eigenvalue weighted by molar-refractivity contribution is 0.0536. The summed E-state index contributed by atoms with van der Waals surface area (Å²) in [6, 6.07) is 9.40. The minimum Gasteiger partial charge on any atom is -0.494 e. The Bertz CT molecular complexity index is 462. The molecule has 2 unspecified atom stereocenters. The molecule has 1 fully saturated rings. The minimum atomic E-state index is 0.299. The van der Waals surface area contributed by atoms with Crippen LogP contribution in [0.15, 0.2) is 24.3 Å². The molecule has 1 aromatic rings. The number of unbranched alkanes of at least 4 members (excludes halogenated alkanes) is 2. The fourth-order valence-electron chi connectivity index (χ4n) is 3.59. The van der Waals surface area contributed by atoms with Gasteiger partial charge in [-0.3, -0.25) is 4.90 Å². The number of nitrogens with two attached hydrogens (primary N) is 1. The number of hydrogen-bond acceptors (Lipinski definition) is 4. The van der Waals surface area contributed by atoms with Gasteiger partial charge in [-0.15, -0.1) is 0 Å². The molecule has 0 radical (unpaired) electrons. The molecule has 136 valence electrons. The lowest BCUT2D eigenvalue weighted by Gasteiger charge is -2.43. The van der Waals surface area contributed by atoms with E-state index in [9.17, 15) is 0 Å². The van der Waals surface area contributed by atoms with Crippen LogP contribution >= 0.6 is 0 Å². The van der Waals surface area contributed by atoms with E-state index < -0.39 is 0 Å². The number of benzene rings is 1. The molecule has 0 spiro atoms. The molecule has 1 aliphatic rings. The van der Waals surface area contributed by atoms with Crippen LogP contribution in [-0.4, -0.2) is 55.2 Å². The van der Waals surface area contributed by atoms with Gasteiger partial charge in [-0.05, 0) is 37.6 Å². The van der Waals surface area contributed by atoms with Gasteiger partial charge in [0.25, 0.3) is 0 Å². The lowest BCUT2D eigenvalue weighted by Crippen LogP contribution is -2.53. The molecule has 2 rings (SSSR count). The molecule has 1 aromatic carbocycles. The highest BCUT2D eigenvalue weighted by Gasteiger charge is 2.28. The summed E-state index contributed by atoms with van der Waals surface area (Å²) >= 11 is 0. The first kappa shape index (κ1) is 19.2. The van der Waals surface area contributed by atoms with Crippen LogP contribution in [0.2, 0.25) is 0 Å². The van der Waals surface area contributed by atoms with Crippen LogP contribution in [0.25, 0.3) is 0 Å². The van der Waals surface area contributed by atoms with E-state index in [4.69, 9.17) is 10.5 Å². The van der Waals surface area contributed by atoms with E-state index in [0.717, 1.165) is 45.0 Å². The molecule has 2 N–H and O–H groups in total. The van der Waals surface area contributed by atoms with Crippen molar-refractivity contribution in [3.63, 3.8) is 0 Å². The van der Waals surface area contributed by atoms with Gasteiger partial charge in [0.1, 0.15) is 5.75 Å². The Labute approximate surface area is 148 Å². The third kappa shape index (κ3) is 5.20. The first-order chi connectivity index (χ1) is 11.7. The summed E-state index contributed by atoms with van der Waals surface area (Å²) in [6.45, 7) is 12.7. The largest absolute Gasteiger partial charge is 0.494 e. The fraction of sp³-hybridized carbons (Fsp3) is 0.700. The Kier molecular flexibility index (Phi) is 8.03. The zero-order chi connectivity index (χ0) is 17.4. The predicted molar refractivity (Wildman–Crippen MR) is 102 cm³/mol. The van der Waals surface area contributed by atoms with Crippen molar-refractivity contribution in [1.82, 2.24) is 9.80 Å². The first-order valence-corrected chi connectivity index (χ1v) is 9.60. The highest BCUT2D eigenvalue weighted by Crippen LogP contribution is 2.26. The van der Waals surface area contributed by atoms with Gasteiger partial charge in [0.2, 0.25) is 0 Å². The van der Waals surface area contributed by atoms with Gasteiger partial charge in [0.05, 0.1) is 6.61 Å². The molecular formula is C20H35N3O. The molecule has 4 nitrogen and oxygen atoms in total. The summed E-state index contributed by atoms with van der Waals surface area (Å²) in [6.07, 6.45) is 3.59. The topological polar surface area (TPSA) is 41.7 Å². The van der Waals surface area contributed by atoms with Crippen LogP contribution in [0.5, 0.6) is 5.75 Å². The normalized spacial score (nSPS) is 20.9. The average molecular weight is 334 g/mol. The van der Waals surface area contributed by atoms with Crippen molar-refractivity contribution in [1.29, 1.82) is 0 Å². The van der Waals surface area contributed by atoms with Gasteiger partial charge in [0.15, 0.2) is 0 Å². The zero-order valence-electron chi connectivity index (χ0n) is 15.7. The number of nitrogens with zero attached hydrogens (tertiary/aromatic N) is 2. The van der Waals surface area contributed by atoms with Crippen LogP contribution < -0.4 is 10.5 Å². The van der Waals surface area contributed by atoms with Gasteiger partial charge in [0, 0.05) is 38.3 Å². The van der Waals surface area contributed by atoms with E-state index in [1.54, 1.807) is 0 Å². The van der Waals surface area contributed by atoms with Crippen molar-refractivity contribution >= 4 is 0 Å². The molecule has 0 amide bonds. The molecular weight excluding hydrogens is 298 g/mol. The zero-order valence-corrected chi connectivity index (χ0v) is 15.7. The number of hydrogen-bond donors (Lipinski definition) is 1. The molecule has 0 saturated carbocycles. The lowest BCUT2D eigenvalue weighted by atomic mass is 10.0. The Morgan fingerprint density at radius 3 is 2.50 bits per heavy atom. The van der Waals surface area contributed by atoms with E-state index in [-0.39, 0.29) is 0 Å². The predicted octanol–water partition coefficient (Wildman–Crippen LogP) is 3.28. The van der Waals surface area contributed by atoms with Crippen molar-refractivity contribution < 1.29 is 4.74 Å². The molecule has 2 atom stereocenters. The van der Waals surface area contributed by atoms with Gasteiger partial charge in [-0.25, -0.2) is 0 Å². The second kappa shape index (κ2) is 10.0. The van der Waals surface area contributed by atoms with Crippen LogP contribution in [0.4, 0.5) is 0 Å². The van der Waals surface area contributed by atoms with E-state index in [1.807, 2.05) is 0 Å². The summed E-state index contributed by atoms with van der Waals surface area (Å²) in [5, 5.41) is 0. The van der Waals surface area contributed by atoms with Crippen molar-refractivity contribution in [2.24, 2.45) is 5.73 Å². The second-order valence-corrected chi connectivity index (χ2v) is 6.86. The van der Waals surface area contributed by atoms with Crippen LogP contribution in [-0.2, 0) is 0 Å². The maximum atomic E-state index is 6.13. The maximum Gasteiger partial charge on any atom is 0.119 e. The quantitative estimate of drug-likeness (QED) is 0.704. The third-order valence-corrected chi connectivity index (χ3v) is 5.12. The molecule has 1 heterocycles. The standard InChI is InChI=1S/C20H35N3O/c1-4-6-7-14-24-19-10-8-18(9-11-19)20(15-21)23-13-12-22(5-2)16-17(23)3/h8-11,17,20H,4-7,12-16,21H2,1-3H3. The Morgan fingerprint density at radius 1 is 1.17 bits per heavy atom. The van der Waals surface area contributed by atoms with Crippen molar-refractivity contribution in [2.75, 3.05) is 39.3 Å². The second-order valence-electron chi connectivity index (χ2n) is 6.86. The van der Waals surface area contributed by atoms with Gasteiger partial charge in [-0.1, -0.05) is 38.8 Å². The van der Waals surface area contributed by atoms with Crippen molar-refractivity contribution in [3.05, 3.63) is 29.8 Å². The van der Waals surface area contributed by atoms with E-state index in [1.165, 1.54) is 18.4 Å². The summed E-state index contributed by atoms with van der Waals surface area (Å²) in [5.41, 5.74) is 7.43. The molecule has 24 heavy (non-hydrogen) atoms. The van der Waals surface area contributed by atoms with E-state index in [2.05, 4.69) is 54.8 Å². The van der Waals surface area contributed by atoms with Crippen LogP contribution in [0.1, 0.15) is 51.6 Å². The van der Waals surface area contributed by atoms with E-state index in [0.29, 0.717) is 18.6 Å². The van der Waals surface area contributed by atoms with E-state index >= 15 is 0 Å². The summed E-state index contributed by atoms with van der Waals surface area (Å²) < 4.78 is 5.82. The van der Waals surface area contributed by atoms with Gasteiger partial charge < -0.3 is 15.4 Å². The molecule has 0 aliphatic carbocycles.